The van der Waals surface area contributed by atoms with E-state index < -0.39 is 5.54 Å². The van der Waals surface area contributed by atoms with Gasteiger partial charge in [0.1, 0.15) is 6.29 Å². The summed E-state index contributed by atoms with van der Waals surface area (Å²) in [7, 11) is 0. The van der Waals surface area contributed by atoms with E-state index in [1.165, 1.54) is 0 Å². The van der Waals surface area contributed by atoms with Crippen molar-refractivity contribution in [2.24, 2.45) is 0 Å². The molecule has 0 saturated heterocycles. The van der Waals surface area contributed by atoms with E-state index in [1.807, 2.05) is 19.1 Å². The van der Waals surface area contributed by atoms with Gasteiger partial charge in [-0.2, -0.15) is 0 Å². The van der Waals surface area contributed by atoms with Gasteiger partial charge in [-0.3, -0.25) is 4.79 Å². The molecular formula is C12H15NO2. The summed E-state index contributed by atoms with van der Waals surface area (Å²) < 4.78 is 0. The summed E-state index contributed by atoms with van der Waals surface area (Å²) in [5, 5.41) is 2.63. The molecule has 15 heavy (non-hydrogen) atoms. The first-order valence-electron chi connectivity index (χ1n) is 4.80. The second kappa shape index (κ2) is 4.26. The molecule has 1 N–H and O–H groups in total. The van der Waals surface area contributed by atoms with E-state index in [4.69, 9.17) is 0 Å². The number of carbonyl (C=O) groups is 2. The molecule has 0 heterocycles. The van der Waals surface area contributed by atoms with Crippen LogP contribution in [0.4, 0.5) is 0 Å². The molecule has 1 amide bonds. The first kappa shape index (κ1) is 11.4. The SMILES string of the molecule is Cc1ccc(C(=O)NC(C)(C)C=O)cc1. The maximum Gasteiger partial charge on any atom is 0.252 e. The van der Waals surface area contributed by atoms with Crippen LogP contribution in [0.2, 0.25) is 0 Å². The maximum atomic E-state index is 11.7. The summed E-state index contributed by atoms with van der Waals surface area (Å²) in [5.41, 5.74) is 0.846. The van der Waals surface area contributed by atoms with Crippen LogP contribution in [0.3, 0.4) is 0 Å². The number of aldehydes is 1. The predicted molar refractivity (Wildman–Crippen MR) is 58.8 cm³/mol. The fourth-order valence-corrected chi connectivity index (χ4v) is 1.10. The molecule has 0 aromatic heterocycles. The minimum absolute atomic E-state index is 0.230. The molecule has 0 spiro atoms. The largest absolute Gasteiger partial charge is 0.340 e. The second-order valence-electron chi connectivity index (χ2n) is 4.16. The quantitative estimate of drug-likeness (QED) is 0.763. The zero-order valence-electron chi connectivity index (χ0n) is 9.20. The molecule has 0 aliphatic carbocycles. The van der Waals surface area contributed by atoms with Gasteiger partial charge in [-0.25, -0.2) is 0 Å². The Morgan fingerprint density at radius 1 is 1.27 bits per heavy atom. The van der Waals surface area contributed by atoms with E-state index in [1.54, 1.807) is 26.0 Å². The minimum atomic E-state index is -0.817. The Balaban J connectivity index is 2.78. The van der Waals surface area contributed by atoms with Gasteiger partial charge in [0.25, 0.3) is 5.91 Å². The fourth-order valence-electron chi connectivity index (χ4n) is 1.10. The molecule has 0 aliphatic heterocycles. The number of amides is 1. The Hall–Kier alpha value is -1.64. The number of rotatable bonds is 3. The third kappa shape index (κ3) is 3.20. The van der Waals surface area contributed by atoms with Gasteiger partial charge in [-0.05, 0) is 32.9 Å². The number of nitrogens with one attached hydrogen (secondary N) is 1. The molecule has 0 atom stereocenters. The van der Waals surface area contributed by atoms with Crippen molar-refractivity contribution in [1.82, 2.24) is 5.32 Å². The Labute approximate surface area is 89.5 Å². The van der Waals surface area contributed by atoms with Gasteiger partial charge in [-0.15, -0.1) is 0 Å². The van der Waals surface area contributed by atoms with Gasteiger partial charge < -0.3 is 10.1 Å². The Morgan fingerprint density at radius 2 is 1.80 bits per heavy atom. The summed E-state index contributed by atoms with van der Waals surface area (Å²) in [6.07, 6.45) is 0.721. The molecule has 3 heteroatoms. The van der Waals surface area contributed by atoms with Crippen LogP contribution in [0.5, 0.6) is 0 Å². The van der Waals surface area contributed by atoms with Gasteiger partial charge in [0, 0.05) is 5.56 Å². The van der Waals surface area contributed by atoms with Gasteiger partial charge in [-0.1, -0.05) is 17.7 Å². The summed E-state index contributed by atoms with van der Waals surface area (Å²) >= 11 is 0. The van der Waals surface area contributed by atoms with Crippen LogP contribution in [0, 0.1) is 6.92 Å². The standard InChI is InChI=1S/C12H15NO2/c1-9-4-6-10(7-5-9)11(15)13-12(2,3)8-14/h4-8H,1-3H3,(H,13,15). The average molecular weight is 205 g/mol. The topological polar surface area (TPSA) is 46.2 Å². The lowest BCUT2D eigenvalue weighted by molar-refractivity contribution is -0.112. The van der Waals surface area contributed by atoms with E-state index >= 15 is 0 Å². The van der Waals surface area contributed by atoms with Crippen molar-refractivity contribution < 1.29 is 9.59 Å². The summed E-state index contributed by atoms with van der Waals surface area (Å²) in [6.45, 7) is 5.27. The normalized spacial score (nSPS) is 10.9. The highest BCUT2D eigenvalue weighted by Gasteiger charge is 2.19. The zero-order valence-corrected chi connectivity index (χ0v) is 9.20. The molecule has 80 valence electrons. The maximum absolute atomic E-state index is 11.7. The number of benzene rings is 1. The van der Waals surface area contributed by atoms with Crippen LogP contribution in [-0.2, 0) is 4.79 Å². The van der Waals surface area contributed by atoms with Gasteiger partial charge in [0.2, 0.25) is 0 Å². The van der Waals surface area contributed by atoms with Gasteiger partial charge in [0.05, 0.1) is 5.54 Å². The Morgan fingerprint density at radius 3 is 2.27 bits per heavy atom. The predicted octanol–water partition coefficient (Wildman–Crippen LogP) is 1.70. The molecule has 0 aliphatic rings. The first-order valence-corrected chi connectivity index (χ1v) is 4.80. The molecule has 0 saturated carbocycles. The van der Waals surface area contributed by atoms with E-state index in [-0.39, 0.29) is 5.91 Å². The Bertz CT molecular complexity index is 366. The molecule has 0 unspecified atom stereocenters. The van der Waals surface area contributed by atoms with Crippen LogP contribution in [-0.4, -0.2) is 17.7 Å². The molecule has 0 fully saturated rings. The van der Waals surface area contributed by atoms with Crippen LogP contribution in [0.1, 0.15) is 29.8 Å². The summed E-state index contributed by atoms with van der Waals surface area (Å²) in [4.78, 5) is 22.3. The van der Waals surface area contributed by atoms with Crippen molar-refractivity contribution >= 4 is 12.2 Å². The molecule has 1 aromatic carbocycles. The van der Waals surface area contributed by atoms with E-state index in [0.717, 1.165) is 11.8 Å². The first-order chi connectivity index (χ1) is 6.94. The van der Waals surface area contributed by atoms with Gasteiger partial charge >= 0.3 is 0 Å². The van der Waals surface area contributed by atoms with E-state index in [2.05, 4.69) is 5.32 Å². The number of hydrogen-bond donors (Lipinski definition) is 1. The Kier molecular flexibility index (Phi) is 3.24. The molecule has 0 radical (unpaired) electrons. The highest BCUT2D eigenvalue weighted by molar-refractivity contribution is 5.96. The van der Waals surface area contributed by atoms with Crippen molar-refractivity contribution in [2.45, 2.75) is 26.3 Å². The number of hydrogen-bond acceptors (Lipinski definition) is 2. The highest BCUT2D eigenvalue weighted by Crippen LogP contribution is 2.05. The van der Waals surface area contributed by atoms with Crippen molar-refractivity contribution in [2.75, 3.05) is 0 Å². The molecule has 3 nitrogen and oxygen atoms in total. The fraction of sp³-hybridized carbons (Fsp3) is 0.333. The van der Waals surface area contributed by atoms with Gasteiger partial charge in [0.15, 0.2) is 0 Å². The lowest BCUT2D eigenvalue weighted by Gasteiger charge is -2.18. The highest BCUT2D eigenvalue weighted by atomic mass is 16.2. The molecule has 1 aromatic rings. The van der Waals surface area contributed by atoms with Crippen molar-refractivity contribution in [1.29, 1.82) is 0 Å². The van der Waals surface area contributed by atoms with Crippen molar-refractivity contribution in [3.05, 3.63) is 35.4 Å². The monoisotopic (exact) mass is 205 g/mol. The number of aryl methyl sites for hydroxylation is 1. The molecule has 0 bridgehead atoms. The van der Waals surface area contributed by atoms with E-state index in [9.17, 15) is 9.59 Å². The zero-order chi connectivity index (χ0) is 11.5. The number of carbonyl (C=O) groups excluding carboxylic acids is 2. The van der Waals surface area contributed by atoms with Crippen LogP contribution in [0.15, 0.2) is 24.3 Å². The average Bonchev–Trinajstić information content (AvgIpc) is 2.18. The van der Waals surface area contributed by atoms with Crippen LogP contribution in [0.25, 0.3) is 0 Å². The van der Waals surface area contributed by atoms with Crippen molar-refractivity contribution in [3.63, 3.8) is 0 Å². The molecule has 1 rings (SSSR count). The lowest BCUT2D eigenvalue weighted by atomic mass is 10.1. The van der Waals surface area contributed by atoms with Crippen molar-refractivity contribution in [3.8, 4) is 0 Å². The molecular weight excluding hydrogens is 190 g/mol. The summed E-state index contributed by atoms with van der Waals surface area (Å²) in [5.74, 6) is -0.230. The van der Waals surface area contributed by atoms with Crippen LogP contribution >= 0.6 is 0 Å². The summed E-state index contributed by atoms with van der Waals surface area (Å²) in [6, 6.07) is 7.21. The third-order valence-electron chi connectivity index (χ3n) is 2.04. The lowest BCUT2D eigenvalue weighted by Crippen LogP contribution is -2.44. The van der Waals surface area contributed by atoms with E-state index in [0.29, 0.717) is 5.56 Å². The van der Waals surface area contributed by atoms with Crippen LogP contribution < -0.4 is 5.32 Å². The third-order valence-corrected chi connectivity index (χ3v) is 2.04. The smallest absolute Gasteiger partial charge is 0.252 e. The minimum Gasteiger partial charge on any atom is -0.340 e. The second-order valence-corrected chi connectivity index (χ2v) is 4.16.